The van der Waals surface area contributed by atoms with Crippen LogP contribution in [0.2, 0.25) is 0 Å². The van der Waals surface area contributed by atoms with E-state index in [4.69, 9.17) is 0 Å². The maximum Gasteiger partial charge on any atom is 0.272 e. The molecule has 9 heteroatoms. The molecule has 132 valence electrons. The maximum atomic E-state index is 13.5. The highest BCUT2D eigenvalue weighted by molar-refractivity contribution is 7.91. The van der Waals surface area contributed by atoms with Gasteiger partial charge in [-0.15, -0.1) is 0 Å². The first-order valence-electron chi connectivity index (χ1n) is 7.54. The Labute approximate surface area is 143 Å². The van der Waals surface area contributed by atoms with Gasteiger partial charge in [-0.1, -0.05) is 6.92 Å². The van der Waals surface area contributed by atoms with Gasteiger partial charge in [0.15, 0.2) is 21.3 Å². The van der Waals surface area contributed by atoms with Crippen molar-refractivity contribution in [3.63, 3.8) is 0 Å². The Balaban J connectivity index is 2.26. The number of aryl methyl sites for hydroxylation is 1. The van der Waals surface area contributed by atoms with Gasteiger partial charge in [-0.25, -0.2) is 27.2 Å². The van der Waals surface area contributed by atoms with Gasteiger partial charge in [0.2, 0.25) is 0 Å². The second-order valence-corrected chi connectivity index (χ2v) is 7.95. The van der Waals surface area contributed by atoms with Gasteiger partial charge in [0.25, 0.3) is 5.92 Å². The Hall–Kier alpha value is -2.42. The monoisotopic (exact) mass is 366 g/mol. The van der Waals surface area contributed by atoms with E-state index < -0.39 is 15.8 Å². The van der Waals surface area contributed by atoms with Crippen molar-refractivity contribution in [1.82, 2.24) is 19.5 Å². The number of fused-ring (bicyclic) bond motifs is 1. The SMILES string of the molecule is CCS(=O)(=O)c1cccnc1-c1nc2cc(C(C)(F)F)cnc2n1C. The largest absolute Gasteiger partial charge is 0.310 e. The molecule has 3 heterocycles. The van der Waals surface area contributed by atoms with Crippen LogP contribution in [0.5, 0.6) is 0 Å². The highest BCUT2D eigenvalue weighted by atomic mass is 32.2. The molecule has 3 aromatic rings. The fraction of sp³-hybridized carbons (Fsp3) is 0.312. The van der Waals surface area contributed by atoms with Crippen LogP contribution >= 0.6 is 0 Å². The first-order chi connectivity index (χ1) is 11.6. The lowest BCUT2D eigenvalue weighted by Crippen LogP contribution is -2.08. The molecule has 0 aliphatic carbocycles. The third kappa shape index (κ3) is 2.99. The normalized spacial score (nSPS) is 12.7. The predicted molar refractivity (Wildman–Crippen MR) is 89.0 cm³/mol. The molecular formula is C16H16F2N4O2S. The lowest BCUT2D eigenvalue weighted by Gasteiger charge is -2.09. The molecular weight excluding hydrogens is 350 g/mol. The van der Waals surface area contributed by atoms with Crippen LogP contribution in [0.25, 0.3) is 22.7 Å². The molecule has 0 fully saturated rings. The van der Waals surface area contributed by atoms with E-state index in [-0.39, 0.29) is 33.2 Å². The van der Waals surface area contributed by atoms with Gasteiger partial charge in [-0.05, 0) is 18.2 Å². The Morgan fingerprint density at radius 2 is 2.00 bits per heavy atom. The molecule has 3 aromatic heterocycles. The number of hydrogen-bond donors (Lipinski definition) is 0. The number of halogens is 2. The quantitative estimate of drug-likeness (QED) is 0.709. The van der Waals surface area contributed by atoms with Crippen molar-refractivity contribution in [2.45, 2.75) is 24.7 Å². The Bertz CT molecular complexity index is 1060. The second kappa shape index (κ2) is 5.83. The number of aromatic nitrogens is 4. The number of alkyl halides is 2. The van der Waals surface area contributed by atoms with E-state index in [1.807, 2.05) is 0 Å². The highest BCUT2D eigenvalue weighted by Gasteiger charge is 2.27. The zero-order chi connectivity index (χ0) is 18.4. The molecule has 0 radical (unpaired) electrons. The summed E-state index contributed by atoms with van der Waals surface area (Å²) in [5.74, 6) is -2.87. The molecule has 0 unspecified atom stereocenters. The fourth-order valence-corrected chi connectivity index (χ4v) is 3.53. The topological polar surface area (TPSA) is 77.7 Å². The fourth-order valence-electron chi connectivity index (χ4n) is 2.49. The Kier molecular flexibility index (Phi) is 4.06. The maximum absolute atomic E-state index is 13.5. The molecule has 0 amide bonds. The van der Waals surface area contributed by atoms with E-state index in [1.54, 1.807) is 11.6 Å². The van der Waals surface area contributed by atoms with Crippen molar-refractivity contribution >= 4 is 21.0 Å². The van der Waals surface area contributed by atoms with Crippen molar-refractivity contribution in [3.05, 3.63) is 36.2 Å². The van der Waals surface area contributed by atoms with Crippen LogP contribution in [-0.4, -0.2) is 33.7 Å². The molecule has 0 spiro atoms. The van der Waals surface area contributed by atoms with Crippen LogP contribution in [0.4, 0.5) is 8.78 Å². The molecule has 0 aliphatic heterocycles. The van der Waals surface area contributed by atoms with Crippen LogP contribution in [0.1, 0.15) is 19.4 Å². The van der Waals surface area contributed by atoms with Crippen molar-refractivity contribution in [2.75, 3.05) is 5.75 Å². The number of rotatable bonds is 4. The van der Waals surface area contributed by atoms with Crippen molar-refractivity contribution in [2.24, 2.45) is 7.05 Å². The molecule has 0 aromatic carbocycles. The Morgan fingerprint density at radius 3 is 2.64 bits per heavy atom. The van der Waals surface area contributed by atoms with E-state index in [0.717, 1.165) is 13.1 Å². The molecule has 0 atom stereocenters. The van der Waals surface area contributed by atoms with E-state index in [1.165, 1.54) is 31.3 Å². The number of pyridine rings is 2. The van der Waals surface area contributed by atoms with Crippen molar-refractivity contribution in [3.8, 4) is 11.5 Å². The van der Waals surface area contributed by atoms with Gasteiger partial charge >= 0.3 is 0 Å². The summed E-state index contributed by atoms with van der Waals surface area (Å²) in [5, 5.41) is 0. The summed E-state index contributed by atoms with van der Waals surface area (Å²) in [6.45, 7) is 2.32. The molecule has 0 saturated carbocycles. The number of hydrogen-bond acceptors (Lipinski definition) is 5. The van der Waals surface area contributed by atoms with Crippen LogP contribution in [0.15, 0.2) is 35.5 Å². The summed E-state index contributed by atoms with van der Waals surface area (Å²) in [5.41, 5.74) is 0.539. The average molecular weight is 366 g/mol. The first kappa shape index (κ1) is 17.4. The zero-order valence-corrected chi connectivity index (χ0v) is 14.7. The number of imidazole rings is 1. The van der Waals surface area contributed by atoms with E-state index in [9.17, 15) is 17.2 Å². The van der Waals surface area contributed by atoms with E-state index in [0.29, 0.717) is 5.65 Å². The summed E-state index contributed by atoms with van der Waals surface area (Å²) in [4.78, 5) is 12.6. The van der Waals surface area contributed by atoms with Gasteiger partial charge in [0.1, 0.15) is 11.2 Å². The zero-order valence-electron chi connectivity index (χ0n) is 13.9. The van der Waals surface area contributed by atoms with Crippen LogP contribution in [0.3, 0.4) is 0 Å². The minimum atomic E-state index is -3.52. The second-order valence-electron chi connectivity index (χ2n) is 5.70. The minimum Gasteiger partial charge on any atom is -0.310 e. The van der Waals surface area contributed by atoms with Gasteiger partial charge in [-0.3, -0.25) is 4.98 Å². The number of nitrogens with zero attached hydrogens (tertiary/aromatic N) is 4. The molecule has 0 bridgehead atoms. The smallest absolute Gasteiger partial charge is 0.272 e. The van der Waals surface area contributed by atoms with Gasteiger partial charge in [0.05, 0.1) is 10.6 Å². The van der Waals surface area contributed by atoms with E-state index in [2.05, 4.69) is 15.0 Å². The van der Waals surface area contributed by atoms with Gasteiger partial charge in [0, 0.05) is 31.9 Å². The lowest BCUT2D eigenvalue weighted by molar-refractivity contribution is 0.0172. The predicted octanol–water partition coefficient (Wildman–Crippen LogP) is 2.94. The highest BCUT2D eigenvalue weighted by Crippen LogP contribution is 2.31. The van der Waals surface area contributed by atoms with Crippen molar-refractivity contribution < 1.29 is 17.2 Å². The van der Waals surface area contributed by atoms with Gasteiger partial charge < -0.3 is 4.57 Å². The third-order valence-electron chi connectivity index (χ3n) is 3.91. The molecule has 0 aliphatic rings. The first-order valence-corrected chi connectivity index (χ1v) is 9.19. The Morgan fingerprint density at radius 1 is 1.28 bits per heavy atom. The summed E-state index contributed by atoms with van der Waals surface area (Å²) >= 11 is 0. The van der Waals surface area contributed by atoms with E-state index >= 15 is 0 Å². The lowest BCUT2D eigenvalue weighted by atomic mass is 10.2. The molecule has 25 heavy (non-hydrogen) atoms. The number of sulfone groups is 1. The average Bonchev–Trinajstić information content (AvgIpc) is 2.90. The summed E-state index contributed by atoms with van der Waals surface area (Å²) in [7, 11) is -1.88. The molecule has 3 rings (SSSR count). The van der Waals surface area contributed by atoms with Gasteiger partial charge in [-0.2, -0.15) is 0 Å². The van der Waals surface area contributed by atoms with Crippen LogP contribution in [-0.2, 0) is 22.8 Å². The van der Waals surface area contributed by atoms with Crippen molar-refractivity contribution in [1.29, 1.82) is 0 Å². The molecule has 0 saturated heterocycles. The minimum absolute atomic E-state index is 0.0527. The molecule has 6 nitrogen and oxygen atoms in total. The summed E-state index contributed by atoms with van der Waals surface area (Å²) in [6, 6.07) is 4.24. The van der Waals surface area contributed by atoms with Crippen LogP contribution < -0.4 is 0 Å². The standard InChI is InChI=1S/C16H16F2N4O2S/c1-4-25(23,24)12-6-5-7-19-13(12)15-21-11-8-10(16(2,17)18)9-20-14(11)22(15)3/h5-9H,4H2,1-3H3. The third-order valence-corrected chi connectivity index (χ3v) is 5.67. The summed E-state index contributed by atoms with van der Waals surface area (Å²) < 4.78 is 53.2. The van der Waals surface area contributed by atoms with Crippen LogP contribution in [0, 0.1) is 0 Å². The molecule has 0 N–H and O–H groups in total. The summed E-state index contributed by atoms with van der Waals surface area (Å²) in [6.07, 6.45) is 2.55.